The van der Waals surface area contributed by atoms with Crippen LogP contribution in [0.3, 0.4) is 0 Å². The highest BCUT2D eigenvalue weighted by Gasteiger charge is 2.60. The second-order valence-corrected chi connectivity index (χ2v) is 13.7. The Labute approximate surface area is 260 Å². The standard InChI is InChI=1S/C30H38N5O9P/c1-18(2)41-27(37)19(3)34-45(39,44-20-10-8-7-9-11-20)40-17-30(16-31)26(36)25(42-28(38)29(4,5)6)24(43-30)23-13-12-22-21(32)14-15-33-35(22)23/h7-15,18-19,24-26,36H,17,32H2,1-6H3,(H,34,39)/t19-,24-,25-,26-,30+,45-/m0/s1. The van der Waals surface area contributed by atoms with Crippen LogP contribution in [0.5, 0.6) is 5.75 Å². The van der Waals surface area contributed by atoms with Crippen molar-refractivity contribution < 1.29 is 42.5 Å². The van der Waals surface area contributed by atoms with Gasteiger partial charge in [-0.3, -0.25) is 14.1 Å². The van der Waals surface area contributed by atoms with Crippen LogP contribution in [-0.4, -0.2) is 63.2 Å². The van der Waals surface area contributed by atoms with E-state index in [0.29, 0.717) is 16.9 Å². The summed E-state index contributed by atoms with van der Waals surface area (Å²) in [7, 11) is -4.46. The molecule has 0 amide bonds. The van der Waals surface area contributed by atoms with Gasteiger partial charge in [0.05, 0.1) is 28.4 Å². The van der Waals surface area contributed by atoms with E-state index in [1.54, 1.807) is 71.0 Å². The highest BCUT2D eigenvalue weighted by atomic mass is 31.2. The van der Waals surface area contributed by atoms with Gasteiger partial charge in [0.1, 0.15) is 36.7 Å². The van der Waals surface area contributed by atoms with E-state index in [-0.39, 0.29) is 5.75 Å². The quantitative estimate of drug-likeness (QED) is 0.202. The zero-order chi connectivity index (χ0) is 33.2. The van der Waals surface area contributed by atoms with E-state index in [4.69, 9.17) is 29.0 Å². The fraction of sp³-hybridized carbons (Fsp3) is 0.467. The monoisotopic (exact) mass is 643 g/mol. The van der Waals surface area contributed by atoms with E-state index >= 15 is 0 Å². The lowest BCUT2D eigenvalue weighted by atomic mass is 9.94. The highest BCUT2D eigenvalue weighted by Crippen LogP contribution is 2.49. The Morgan fingerprint density at radius 1 is 1.20 bits per heavy atom. The number of carbonyl (C=O) groups excluding carboxylic acids is 2. The minimum absolute atomic E-state index is 0.134. The number of benzene rings is 1. The number of fused-ring (bicyclic) bond motifs is 1. The highest BCUT2D eigenvalue weighted by molar-refractivity contribution is 7.52. The maximum absolute atomic E-state index is 14.1. The van der Waals surface area contributed by atoms with E-state index in [0.717, 1.165) is 0 Å². The number of aliphatic hydroxyl groups excluding tert-OH is 1. The molecule has 45 heavy (non-hydrogen) atoms. The summed E-state index contributed by atoms with van der Waals surface area (Å²) < 4.78 is 44.1. The van der Waals surface area contributed by atoms with Gasteiger partial charge in [0, 0.05) is 6.20 Å². The zero-order valence-electron chi connectivity index (χ0n) is 25.9. The lowest BCUT2D eigenvalue weighted by Crippen LogP contribution is -2.48. The Bertz CT molecular complexity index is 1620. The minimum atomic E-state index is -4.46. The first-order valence-corrected chi connectivity index (χ1v) is 15.8. The fourth-order valence-electron chi connectivity index (χ4n) is 4.48. The molecule has 3 heterocycles. The Balaban J connectivity index is 1.69. The van der Waals surface area contributed by atoms with Crippen LogP contribution in [-0.2, 0) is 32.9 Å². The van der Waals surface area contributed by atoms with Crippen LogP contribution >= 0.6 is 7.75 Å². The predicted molar refractivity (Wildman–Crippen MR) is 162 cm³/mol. The van der Waals surface area contributed by atoms with Crippen molar-refractivity contribution in [2.45, 2.75) is 77.6 Å². The van der Waals surface area contributed by atoms with Gasteiger partial charge in [0.25, 0.3) is 0 Å². The summed E-state index contributed by atoms with van der Waals surface area (Å²) in [6.45, 7) is 8.81. The van der Waals surface area contributed by atoms with Crippen LogP contribution in [0.1, 0.15) is 53.3 Å². The molecule has 2 aromatic heterocycles. The number of carbonyl (C=O) groups is 2. The van der Waals surface area contributed by atoms with E-state index < -0.39 is 67.8 Å². The van der Waals surface area contributed by atoms with Crippen molar-refractivity contribution in [1.29, 1.82) is 5.26 Å². The number of nitrogens with one attached hydrogen (secondary N) is 1. The number of nitrogen functional groups attached to an aromatic ring is 1. The molecular weight excluding hydrogens is 605 g/mol. The molecule has 1 fully saturated rings. The summed E-state index contributed by atoms with van der Waals surface area (Å²) in [6, 6.07) is 13.7. The molecule has 242 valence electrons. The number of aromatic nitrogens is 2. The first-order valence-electron chi connectivity index (χ1n) is 14.3. The molecule has 1 saturated heterocycles. The topological polar surface area (TPSA) is 197 Å². The van der Waals surface area contributed by atoms with E-state index in [9.17, 15) is 24.5 Å². The van der Waals surface area contributed by atoms with Gasteiger partial charge in [-0.15, -0.1) is 0 Å². The van der Waals surface area contributed by atoms with Crippen molar-refractivity contribution in [3.8, 4) is 11.8 Å². The van der Waals surface area contributed by atoms with Crippen LogP contribution in [0.25, 0.3) is 5.52 Å². The van der Waals surface area contributed by atoms with Crippen molar-refractivity contribution in [3.63, 3.8) is 0 Å². The normalized spacial score (nSPS) is 23.7. The third-order valence-electron chi connectivity index (χ3n) is 6.85. The number of rotatable bonds is 11. The van der Waals surface area contributed by atoms with Crippen LogP contribution in [0.2, 0.25) is 0 Å². The van der Waals surface area contributed by atoms with E-state index in [1.807, 2.05) is 6.07 Å². The maximum atomic E-state index is 14.1. The number of aliphatic hydroxyl groups is 1. The number of nitriles is 1. The molecule has 15 heteroatoms. The third-order valence-corrected chi connectivity index (χ3v) is 8.48. The van der Waals surface area contributed by atoms with E-state index in [2.05, 4.69) is 10.2 Å². The Hall–Kier alpha value is -3.99. The van der Waals surface area contributed by atoms with Crippen LogP contribution in [0.4, 0.5) is 5.69 Å². The number of nitrogens with zero attached hydrogens (tertiary/aromatic N) is 3. The Morgan fingerprint density at radius 2 is 1.89 bits per heavy atom. The molecular formula is C30H38N5O9P. The first kappa shape index (κ1) is 33.9. The minimum Gasteiger partial charge on any atom is -0.462 e. The Kier molecular flexibility index (Phi) is 9.91. The number of ether oxygens (including phenoxy) is 3. The molecule has 6 atom stereocenters. The molecule has 0 bridgehead atoms. The average molecular weight is 644 g/mol. The van der Waals surface area contributed by atoms with Gasteiger partial charge in [-0.05, 0) is 71.9 Å². The molecule has 14 nitrogen and oxygen atoms in total. The number of para-hydroxylation sites is 1. The molecule has 0 saturated carbocycles. The van der Waals surface area contributed by atoms with Gasteiger partial charge in [0.15, 0.2) is 6.10 Å². The van der Waals surface area contributed by atoms with Crippen LogP contribution < -0.4 is 15.3 Å². The SMILES string of the molecule is CC(C)OC(=O)[C@H](C)N[P@](=O)(OC[C@@]1(C#N)O[C@@H](c2ccc3c(N)ccnn23)[C@H](OC(=O)C(C)(C)C)[C@@H]1O)Oc1ccccc1. The fourth-order valence-corrected chi connectivity index (χ4v) is 6.00. The van der Waals surface area contributed by atoms with Gasteiger partial charge >= 0.3 is 19.7 Å². The van der Waals surface area contributed by atoms with Gasteiger partial charge in [-0.2, -0.15) is 15.4 Å². The number of esters is 2. The largest absolute Gasteiger partial charge is 0.462 e. The molecule has 0 unspecified atom stereocenters. The zero-order valence-corrected chi connectivity index (χ0v) is 26.8. The van der Waals surface area contributed by atoms with Crippen molar-refractivity contribution in [2.24, 2.45) is 5.41 Å². The predicted octanol–water partition coefficient (Wildman–Crippen LogP) is 3.70. The summed E-state index contributed by atoms with van der Waals surface area (Å²) in [5, 5.41) is 28.8. The molecule has 0 radical (unpaired) electrons. The summed E-state index contributed by atoms with van der Waals surface area (Å²) in [6.07, 6.45) is -3.42. The van der Waals surface area contributed by atoms with Crippen LogP contribution in [0, 0.1) is 16.7 Å². The second kappa shape index (κ2) is 13.2. The molecule has 4 rings (SSSR count). The van der Waals surface area contributed by atoms with Crippen molar-refractivity contribution in [1.82, 2.24) is 14.7 Å². The number of hydrogen-bond acceptors (Lipinski definition) is 12. The average Bonchev–Trinajstić information content (AvgIpc) is 3.52. The summed E-state index contributed by atoms with van der Waals surface area (Å²) in [5.74, 6) is -1.26. The molecule has 1 aliphatic rings. The van der Waals surface area contributed by atoms with Crippen molar-refractivity contribution in [2.75, 3.05) is 12.3 Å². The summed E-state index contributed by atoms with van der Waals surface area (Å²) >= 11 is 0. The third kappa shape index (κ3) is 7.46. The summed E-state index contributed by atoms with van der Waals surface area (Å²) in [4.78, 5) is 25.6. The molecule has 4 N–H and O–H groups in total. The molecule has 1 aromatic carbocycles. The molecule has 1 aliphatic heterocycles. The number of hydrogen-bond donors (Lipinski definition) is 3. The number of anilines is 1. The van der Waals surface area contributed by atoms with Gasteiger partial charge < -0.3 is 29.6 Å². The number of nitrogens with two attached hydrogens (primary N) is 1. The van der Waals surface area contributed by atoms with Gasteiger partial charge in [0.2, 0.25) is 5.60 Å². The van der Waals surface area contributed by atoms with Gasteiger partial charge in [-0.1, -0.05) is 18.2 Å². The van der Waals surface area contributed by atoms with Crippen LogP contribution in [0.15, 0.2) is 54.7 Å². The lowest BCUT2D eigenvalue weighted by Gasteiger charge is -2.29. The summed E-state index contributed by atoms with van der Waals surface area (Å²) in [5.41, 5.74) is 4.16. The molecule has 3 aromatic rings. The van der Waals surface area contributed by atoms with Crippen molar-refractivity contribution in [3.05, 3.63) is 60.4 Å². The van der Waals surface area contributed by atoms with Gasteiger partial charge in [-0.25, -0.2) is 9.08 Å². The Morgan fingerprint density at radius 3 is 2.51 bits per heavy atom. The lowest BCUT2D eigenvalue weighted by molar-refractivity contribution is -0.165. The smallest absolute Gasteiger partial charge is 0.459 e. The molecule has 0 aliphatic carbocycles. The second-order valence-electron chi connectivity index (χ2n) is 12.0. The molecule has 0 spiro atoms. The first-order chi connectivity index (χ1) is 21.1. The maximum Gasteiger partial charge on any atom is 0.459 e. The van der Waals surface area contributed by atoms with E-state index in [1.165, 1.54) is 29.8 Å². The van der Waals surface area contributed by atoms with Crippen molar-refractivity contribution >= 4 is 30.9 Å².